The molecule has 1 heterocycles. The quantitative estimate of drug-likeness (QED) is 0.773. The summed E-state index contributed by atoms with van der Waals surface area (Å²) in [5.41, 5.74) is -0.382. The molecule has 3 unspecified atom stereocenters. The normalized spacial score (nSPS) is 37.6. The van der Waals surface area contributed by atoms with E-state index in [-0.39, 0.29) is 11.5 Å². The molecular weight excluding hydrogens is 240 g/mol. The molecule has 110 valence electrons. The van der Waals surface area contributed by atoms with Crippen LogP contribution in [0, 0.1) is 11.8 Å². The van der Waals surface area contributed by atoms with Gasteiger partial charge in [-0.15, -0.1) is 0 Å². The molecule has 0 aromatic rings. The van der Waals surface area contributed by atoms with E-state index in [4.69, 9.17) is 4.74 Å². The number of methoxy groups -OCH3 is 1. The smallest absolute Gasteiger partial charge is 0.326 e. The molecule has 4 heteroatoms. The minimum Gasteiger partial charge on any atom is -0.468 e. The van der Waals surface area contributed by atoms with E-state index in [1.807, 2.05) is 0 Å². The van der Waals surface area contributed by atoms with Crippen LogP contribution >= 0.6 is 0 Å². The molecule has 0 bridgehead atoms. The molecule has 1 aliphatic heterocycles. The van der Waals surface area contributed by atoms with Crippen LogP contribution in [0.4, 0.5) is 0 Å². The molecule has 1 N–H and O–H groups in total. The average Bonchev–Trinajstić information content (AvgIpc) is 2.68. The summed E-state index contributed by atoms with van der Waals surface area (Å²) in [6, 6.07) is 0. The van der Waals surface area contributed by atoms with Gasteiger partial charge in [-0.2, -0.15) is 0 Å². The van der Waals surface area contributed by atoms with E-state index in [2.05, 4.69) is 24.1 Å². The second-order valence-corrected chi connectivity index (χ2v) is 6.29. The predicted octanol–water partition coefficient (Wildman–Crippen LogP) is 1.65. The summed E-state index contributed by atoms with van der Waals surface area (Å²) >= 11 is 0. The highest BCUT2D eigenvalue weighted by atomic mass is 16.5. The first-order valence-corrected chi connectivity index (χ1v) is 7.65. The lowest BCUT2D eigenvalue weighted by Crippen LogP contribution is -2.61. The minimum atomic E-state index is -0.382. The van der Waals surface area contributed by atoms with Gasteiger partial charge in [-0.3, -0.25) is 9.69 Å². The van der Waals surface area contributed by atoms with Crippen molar-refractivity contribution in [2.24, 2.45) is 11.8 Å². The average molecular weight is 268 g/mol. The number of nitrogens with one attached hydrogen (secondary N) is 1. The summed E-state index contributed by atoms with van der Waals surface area (Å²) in [6.45, 7) is 8.50. The van der Waals surface area contributed by atoms with Crippen molar-refractivity contribution in [2.75, 3.05) is 33.3 Å². The largest absolute Gasteiger partial charge is 0.468 e. The Hall–Kier alpha value is -0.610. The zero-order chi connectivity index (χ0) is 13.9. The van der Waals surface area contributed by atoms with Crippen molar-refractivity contribution >= 4 is 5.97 Å². The molecule has 0 amide bonds. The molecular formula is C15H28N2O2. The Labute approximate surface area is 116 Å². The van der Waals surface area contributed by atoms with Crippen LogP contribution in [-0.4, -0.2) is 49.7 Å². The van der Waals surface area contributed by atoms with Gasteiger partial charge < -0.3 is 10.1 Å². The minimum absolute atomic E-state index is 0.0196. The standard InChI is InChI=1S/C15H28N2O2/c1-12-5-6-15(13(2)11-12,14(18)19-3)17-9-4-7-16-8-10-17/h12-13,16H,4-11H2,1-3H3. The SMILES string of the molecule is COC(=O)C1(N2CCCNCC2)CCC(C)CC1C. The Morgan fingerprint density at radius 1 is 1.32 bits per heavy atom. The number of nitrogens with zero attached hydrogens (tertiary/aromatic N) is 1. The molecule has 1 aliphatic carbocycles. The van der Waals surface area contributed by atoms with Gasteiger partial charge in [0, 0.05) is 19.6 Å². The number of hydrogen-bond acceptors (Lipinski definition) is 4. The second kappa shape index (κ2) is 6.23. The van der Waals surface area contributed by atoms with Gasteiger partial charge in [-0.1, -0.05) is 13.8 Å². The van der Waals surface area contributed by atoms with Gasteiger partial charge in [0.15, 0.2) is 0 Å². The van der Waals surface area contributed by atoms with Gasteiger partial charge in [0.1, 0.15) is 5.54 Å². The van der Waals surface area contributed by atoms with Crippen LogP contribution in [0.2, 0.25) is 0 Å². The molecule has 1 saturated carbocycles. The summed E-state index contributed by atoms with van der Waals surface area (Å²) in [5.74, 6) is 1.08. The van der Waals surface area contributed by atoms with E-state index in [9.17, 15) is 4.79 Å². The molecule has 2 aliphatic rings. The maximum atomic E-state index is 12.5. The molecule has 3 atom stereocenters. The van der Waals surface area contributed by atoms with Crippen molar-refractivity contribution in [3.8, 4) is 0 Å². The maximum absolute atomic E-state index is 12.5. The lowest BCUT2D eigenvalue weighted by Gasteiger charge is -2.49. The van der Waals surface area contributed by atoms with Crippen LogP contribution in [0.5, 0.6) is 0 Å². The molecule has 0 radical (unpaired) electrons. The summed E-state index contributed by atoms with van der Waals surface area (Å²) in [7, 11) is 1.53. The highest BCUT2D eigenvalue weighted by Gasteiger charge is 2.51. The van der Waals surface area contributed by atoms with Crippen LogP contribution in [-0.2, 0) is 9.53 Å². The Kier molecular flexibility index (Phi) is 4.85. The van der Waals surface area contributed by atoms with Crippen LogP contribution in [0.15, 0.2) is 0 Å². The van der Waals surface area contributed by atoms with Gasteiger partial charge in [0.25, 0.3) is 0 Å². The molecule has 0 spiro atoms. The van der Waals surface area contributed by atoms with Crippen molar-refractivity contribution in [1.29, 1.82) is 0 Å². The van der Waals surface area contributed by atoms with E-state index in [1.54, 1.807) is 0 Å². The van der Waals surface area contributed by atoms with Crippen molar-refractivity contribution in [3.63, 3.8) is 0 Å². The van der Waals surface area contributed by atoms with Gasteiger partial charge in [0.2, 0.25) is 0 Å². The van der Waals surface area contributed by atoms with Gasteiger partial charge in [0.05, 0.1) is 7.11 Å². The van der Waals surface area contributed by atoms with Crippen molar-refractivity contribution in [3.05, 3.63) is 0 Å². The molecule has 2 fully saturated rings. The van der Waals surface area contributed by atoms with Crippen LogP contribution in [0.1, 0.15) is 39.5 Å². The summed E-state index contributed by atoms with van der Waals surface area (Å²) in [4.78, 5) is 14.9. The van der Waals surface area contributed by atoms with Gasteiger partial charge >= 0.3 is 5.97 Å². The molecule has 1 saturated heterocycles. The second-order valence-electron chi connectivity index (χ2n) is 6.29. The monoisotopic (exact) mass is 268 g/mol. The van der Waals surface area contributed by atoms with Crippen LogP contribution < -0.4 is 5.32 Å². The van der Waals surface area contributed by atoms with E-state index in [1.165, 1.54) is 7.11 Å². The number of esters is 1. The van der Waals surface area contributed by atoms with Crippen LogP contribution in [0.3, 0.4) is 0 Å². The highest BCUT2D eigenvalue weighted by molar-refractivity contribution is 5.81. The number of hydrogen-bond donors (Lipinski definition) is 1. The molecule has 0 aromatic carbocycles. The number of carbonyl (C=O) groups is 1. The summed E-state index contributed by atoms with van der Waals surface area (Å²) in [6.07, 6.45) is 4.31. The third-order valence-corrected chi connectivity index (χ3v) is 5.03. The first kappa shape index (κ1) is 14.8. The van der Waals surface area contributed by atoms with Crippen LogP contribution in [0.25, 0.3) is 0 Å². The first-order chi connectivity index (χ1) is 9.11. The lowest BCUT2D eigenvalue weighted by molar-refractivity contribution is -0.163. The van der Waals surface area contributed by atoms with E-state index in [0.29, 0.717) is 5.92 Å². The highest BCUT2D eigenvalue weighted by Crippen LogP contribution is 2.42. The number of carbonyl (C=O) groups excluding carboxylic acids is 1. The third kappa shape index (κ3) is 2.79. The lowest BCUT2D eigenvalue weighted by atomic mass is 9.68. The Morgan fingerprint density at radius 3 is 2.79 bits per heavy atom. The fourth-order valence-electron chi connectivity index (χ4n) is 3.95. The Bertz CT molecular complexity index is 313. The topological polar surface area (TPSA) is 41.6 Å². The Balaban J connectivity index is 2.25. The van der Waals surface area contributed by atoms with Crippen molar-refractivity contribution < 1.29 is 9.53 Å². The predicted molar refractivity (Wildman–Crippen MR) is 76.0 cm³/mol. The number of ether oxygens (including phenoxy) is 1. The van der Waals surface area contributed by atoms with E-state index in [0.717, 1.165) is 57.8 Å². The first-order valence-electron chi connectivity index (χ1n) is 7.65. The van der Waals surface area contributed by atoms with Gasteiger partial charge in [-0.05, 0) is 44.1 Å². The molecule has 19 heavy (non-hydrogen) atoms. The van der Waals surface area contributed by atoms with Gasteiger partial charge in [-0.25, -0.2) is 0 Å². The summed E-state index contributed by atoms with van der Waals surface area (Å²) < 4.78 is 5.19. The molecule has 4 nitrogen and oxygen atoms in total. The molecule has 0 aromatic heterocycles. The fraction of sp³-hybridized carbons (Fsp3) is 0.933. The zero-order valence-electron chi connectivity index (χ0n) is 12.6. The van der Waals surface area contributed by atoms with Crippen molar-refractivity contribution in [1.82, 2.24) is 10.2 Å². The fourth-order valence-corrected chi connectivity index (χ4v) is 3.95. The van der Waals surface area contributed by atoms with Crippen molar-refractivity contribution in [2.45, 2.75) is 45.1 Å². The zero-order valence-corrected chi connectivity index (χ0v) is 12.6. The maximum Gasteiger partial charge on any atom is 0.326 e. The van der Waals surface area contributed by atoms with E-state index >= 15 is 0 Å². The van der Waals surface area contributed by atoms with E-state index < -0.39 is 0 Å². The number of rotatable bonds is 2. The summed E-state index contributed by atoms with van der Waals surface area (Å²) in [5, 5.41) is 3.42. The third-order valence-electron chi connectivity index (χ3n) is 5.03. The molecule has 2 rings (SSSR count). The Morgan fingerprint density at radius 2 is 2.11 bits per heavy atom.